The number of nitrogens with one attached hydrogen (secondary N) is 1. The SMILES string of the molecule is CCCNC(Cn1c(C)cccc1=O)C(C)CC. The molecule has 3 heteroatoms. The first kappa shape index (κ1) is 15.0. The van der Waals surface area contributed by atoms with E-state index in [1.807, 2.05) is 23.6 Å². The minimum atomic E-state index is 0.0987. The molecule has 0 aliphatic carbocycles. The topological polar surface area (TPSA) is 34.0 Å². The van der Waals surface area contributed by atoms with Crippen LogP contribution in [0.5, 0.6) is 0 Å². The van der Waals surface area contributed by atoms with Gasteiger partial charge in [-0.3, -0.25) is 4.79 Å². The molecule has 0 saturated heterocycles. The van der Waals surface area contributed by atoms with Crippen LogP contribution in [0.4, 0.5) is 0 Å². The Morgan fingerprint density at radius 2 is 2.06 bits per heavy atom. The molecule has 0 aliphatic rings. The van der Waals surface area contributed by atoms with E-state index in [4.69, 9.17) is 0 Å². The number of rotatable bonds is 7. The highest BCUT2D eigenvalue weighted by molar-refractivity contribution is 5.05. The smallest absolute Gasteiger partial charge is 0.250 e. The van der Waals surface area contributed by atoms with Crippen molar-refractivity contribution in [2.45, 2.75) is 53.1 Å². The molecule has 1 aromatic heterocycles. The number of aryl methyl sites for hydroxylation is 1. The largest absolute Gasteiger partial charge is 0.312 e. The zero-order chi connectivity index (χ0) is 13.5. The fraction of sp³-hybridized carbons (Fsp3) is 0.667. The van der Waals surface area contributed by atoms with Gasteiger partial charge in [-0.05, 0) is 31.9 Å². The van der Waals surface area contributed by atoms with Crippen LogP contribution in [0.3, 0.4) is 0 Å². The molecule has 2 atom stereocenters. The van der Waals surface area contributed by atoms with Crippen molar-refractivity contribution in [1.82, 2.24) is 9.88 Å². The number of aromatic nitrogens is 1. The summed E-state index contributed by atoms with van der Waals surface area (Å²) >= 11 is 0. The normalized spacial score (nSPS) is 14.4. The molecule has 0 aliphatic heterocycles. The molecule has 1 heterocycles. The Morgan fingerprint density at radius 1 is 1.33 bits per heavy atom. The number of nitrogens with zero attached hydrogens (tertiary/aromatic N) is 1. The summed E-state index contributed by atoms with van der Waals surface area (Å²) < 4.78 is 1.87. The Morgan fingerprint density at radius 3 is 2.61 bits per heavy atom. The molecule has 0 aromatic carbocycles. The van der Waals surface area contributed by atoms with E-state index >= 15 is 0 Å². The molecule has 0 spiro atoms. The van der Waals surface area contributed by atoms with Crippen LogP contribution in [0.25, 0.3) is 0 Å². The van der Waals surface area contributed by atoms with Gasteiger partial charge in [-0.1, -0.05) is 33.3 Å². The highest BCUT2D eigenvalue weighted by Gasteiger charge is 2.16. The highest BCUT2D eigenvalue weighted by atomic mass is 16.1. The number of hydrogen-bond donors (Lipinski definition) is 1. The number of pyridine rings is 1. The van der Waals surface area contributed by atoms with Crippen molar-refractivity contribution < 1.29 is 0 Å². The zero-order valence-electron chi connectivity index (χ0n) is 12.1. The number of hydrogen-bond acceptors (Lipinski definition) is 2. The fourth-order valence-corrected chi connectivity index (χ4v) is 2.11. The van der Waals surface area contributed by atoms with E-state index in [-0.39, 0.29) is 5.56 Å². The molecule has 0 fully saturated rings. The van der Waals surface area contributed by atoms with E-state index in [0.717, 1.165) is 31.6 Å². The Balaban J connectivity index is 2.85. The maximum Gasteiger partial charge on any atom is 0.250 e. The Kier molecular flexibility index (Phi) is 6.13. The molecule has 1 aromatic rings. The van der Waals surface area contributed by atoms with Crippen LogP contribution in [0.15, 0.2) is 23.0 Å². The van der Waals surface area contributed by atoms with Crippen LogP contribution in [-0.4, -0.2) is 17.2 Å². The van der Waals surface area contributed by atoms with Gasteiger partial charge in [0.15, 0.2) is 0 Å². The van der Waals surface area contributed by atoms with Gasteiger partial charge in [-0.15, -0.1) is 0 Å². The molecule has 0 amide bonds. The molecule has 102 valence electrons. The lowest BCUT2D eigenvalue weighted by Crippen LogP contribution is -2.41. The predicted octanol–water partition coefficient (Wildman–Crippen LogP) is 2.57. The van der Waals surface area contributed by atoms with E-state index < -0.39 is 0 Å². The molecule has 3 nitrogen and oxygen atoms in total. The first-order valence-corrected chi connectivity index (χ1v) is 7.00. The van der Waals surface area contributed by atoms with Crippen molar-refractivity contribution in [2.24, 2.45) is 5.92 Å². The molecule has 1 N–H and O–H groups in total. The zero-order valence-corrected chi connectivity index (χ0v) is 12.1. The lowest BCUT2D eigenvalue weighted by molar-refractivity contribution is 0.325. The molecule has 0 saturated carbocycles. The molecular weight excluding hydrogens is 224 g/mol. The van der Waals surface area contributed by atoms with Gasteiger partial charge >= 0.3 is 0 Å². The van der Waals surface area contributed by atoms with Crippen molar-refractivity contribution in [3.05, 3.63) is 34.2 Å². The van der Waals surface area contributed by atoms with Crippen molar-refractivity contribution in [3.8, 4) is 0 Å². The van der Waals surface area contributed by atoms with Gasteiger partial charge in [0, 0.05) is 24.3 Å². The lowest BCUT2D eigenvalue weighted by Gasteiger charge is -2.26. The van der Waals surface area contributed by atoms with Crippen LogP contribution in [0, 0.1) is 12.8 Å². The molecule has 1 rings (SSSR count). The van der Waals surface area contributed by atoms with E-state index in [1.165, 1.54) is 0 Å². The second-order valence-electron chi connectivity index (χ2n) is 5.06. The maximum atomic E-state index is 11.9. The Bertz CT molecular complexity index is 411. The van der Waals surface area contributed by atoms with Crippen molar-refractivity contribution in [1.29, 1.82) is 0 Å². The van der Waals surface area contributed by atoms with Gasteiger partial charge < -0.3 is 9.88 Å². The van der Waals surface area contributed by atoms with Gasteiger partial charge in [0.2, 0.25) is 0 Å². The molecule has 0 bridgehead atoms. The second-order valence-corrected chi connectivity index (χ2v) is 5.06. The summed E-state index contributed by atoms with van der Waals surface area (Å²) in [5.74, 6) is 0.572. The monoisotopic (exact) mass is 250 g/mol. The standard InChI is InChI=1S/C15H26N2O/c1-5-10-16-14(12(3)6-2)11-17-13(4)8-7-9-15(17)18/h7-9,12,14,16H,5-6,10-11H2,1-4H3. The Hall–Kier alpha value is -1.09. The van der Waals surface area contributed by atoms with E-state index in [2.05, 4.69) is 26.1 Å². The van der Waals surface area contributed by atoms with Gasteiger partial charge in [-0.25, -0.2) is 0 Å². The van der Waals surface area contributed by atoms with Crippen LogP contribution in [0.2, 0.25) is 0 Å². The van der Waals surface area contributed by atoms with Crippen molar-refractivity contribution in [2.75, 3.05) is 6.54 Å². The molecule has 0 radical (unpaired) electrons. The molecule has 18 heavy (non-hydrogen) atoms. The third kappa shape index (κ3) is 3.98. The van der Waals surface area contributed by atoms with Crippen LogP contribution in [0.1, 0.15) is 39.3 Å². The minimum absolute atomic E-state index is 0.0987. The summed E-state index contributed by atoms with van der Waals surface area (Å²) in [5, 5.41) is 3.56. The third-order valence-corrected chi connectivity index (χ3v) is 3.63. The summed E-state index contributed by atoms with van der Waals surface area (Å²) in [4.78, 5) is 11.9. The first-order valence-electron chi connectivity index (χ1n) is 7.00. The van der Waals surface area contributed by atoms with Crippen molar-refractivity contribution >= 4 is 0 Å². The van der Waals surface area contributed by atoms with Gasteiger partial charge in [0.05, 0.1) is 0 Å². The van der Waals surface area contributed by atoms with Crippen LogP contribution < -0.4 is 10.9 Å². The van der Waals surface area contributed by atoms with Gasteiger partial charge in [0.1, 0.15) is 0 Å². The van der Waals surface area contributed by atoms with Crippen LogP contribution in [-0.2, 0) is 6.54 Å². The molecular formula is C15H26N2O. The lowest BCUT2D eigenvalue weighted by atomic mass is 9.98. The van der Waals surface area contributed by atoms with Gasteiger partial charge in [-0.2, -0.15) is 0 Å². The Labute approximate surface area is 110 Å². The molecule has 2 unspecified atom stereocenters. The van der Waals surface area contributed by atoms with E-state index in [9.17, 15) is 4.79 Å². The summed E-state index contributed by atoms with van der Waals surface area (Å²) in [6, 6.07) is 5.83. The second kappa shape index (κ2) is 7.37. The average molecular weight is 250 g/mol. The highest BCUT2D eigenvalue weighted by Crippen LogP contribution is 2.10. The van der Waals surface area contributed by atoms with Crippen LogP contribution >= 0.6 is 0 Å². The average Bonchev–Trinajstić information content (AvgIpc) is 2.36. The summed E-state index contributed by atoms with van der Waals surface area (Å²) in [6.07, 6.45) is 2.25. The first-order chi connectivity index (χ1) is 8.60. The van der Waals surface area contributed by atoms with E-state index in [1.54, 1.807) is 6.07 Å². The fourth-order valence-electron chi connectivity index (χ4n) is 2.11. The van der Waals surface area contributed by atoms with Gasteiger partial charge in [0.25, 0.3) is 5.56 Å². The van der Waals surface area contributed by atoms with Crippen molar-refractivity contribution in [3.63, 3.8) is 0 Å². The van der Waals surface area contributed by atoms with E-state index in [0.29, 0.717) is 12.0 Å². The summed E-state index contributed by atoms with van der Waals surface area (Å²) in [7, 11) is 0. The summed E-state index contributed by atoms with van der Waals surface area (Å²) in [5.41, 5.74) is 1.13. The minimum Gasteiger partial charge on any atom is -0.312 e. The maximum absolute atomic E-state index is 11.9. The predicted molar refractivity (Wildman–Crippen MR) is 77.0 cm³/mol. The quantitative estimate of drug-likeness (QED) is 0.807. The third-order valence-electron chi connectivity index (χ3n) is 3.63. The summed E-state index contributed by atoms with van der Waals surface area (Å²) in [6.45, 7) is 10.4.